The Morgan fingerprint density at radius 2 is 1.73 bits per heavy atom. The van der Waals surface area contributed by atoms with E-state index in [9.17, 15) is 22.8 Å². The molecule has 2 aromatic heterocycles. The van der Waals surface area contributed by atoms with Crippen molar-refractivity contribution in [2.75, 3.05) is 28.2 Å². The molecule has 0 fully saturated rings. The molecule has 3 aromatic rings. The summed E-state index contributed by atoms with van der Waals surface area (Å²) < 4.78 is 36.9. The quantitative estimate of drug-likeness (QED) is 0.415. The number of benzene rings is 1. The van der Waals surface area contributed by atoms with Gasteiger partial charge >= 0.3 is 6.18 Å². The van der Waals surface area contributed by atoms with E-state index in [2.05, 4.69) is 26.1 Å². The molecule has 3 rings (SSSR count). The molecule has 0 saturated carbocycles. The van der Waals surface area contributed by atoms with Crippen molar-refractivity contribution >= 4 is 62.8 Å². The zero-order valence-electron chi connectivity index (χ0n) is 15.0. The highest BCUT2D eigenvalue weighted by atomic mass is 32.2. The van der Waals surface area contributed by atoms with E-state index in [0.29, 0.717) is 20.6 Å². The van der Waals surface area contributed by atoms with Crippen LogP contribution in [-0.2, 0) is 4.79 Å². The fourth-order valence-electron chi connectivity index (χ4n) is 2.08. The number of thioether (sulfide) groups is 1. The number of hydrogen-bond donors (Lipinski definition) is 3. The Kier molecular flexibility index (Phi) is 7.29. The van der Waals surface area contributed by atoms with Crippen LogP contribution in [0.1, 0.15) is 9.67 Å². The Hall–Kier alpha value is -2.64. The molecule has 0 aliphatic rings. The van der Waals surface area contributed by atoms with Gasteiger partial charge in [0.15, 0.2) is 4.34 Å². The maximum Gasteiger partial charge on any atom is 0.405 e. The zero-order valence-corrected chi connectivity index (χ0v) is 17.5. The van der Waals surface area contributed by atoms with Gasteiger partial charge in [0, 0.05) is 11.4 Å². The second-order valence-corrected chi connectivity index (χ2v) is 8.84. The van der Waals surface area contributed by atoms with E-state index in [1.807, 2.05) is 5.38 Å². The number of nitrogens with zero attached hydrogens (tertiary/aromatic N) is 2. The van der Waals surface area contributed by atoms with Crippen LogP contribution in [0.15, 0.2) is 46.1 Å². The Morgan fingerprint density at radius 3 is 2.37 bits per heavy atom. The maximum atomic E-state index is 12.2. The fraction of sp³-hybridized carbons (Fsp3) is 0.176. The molecule has 0 aliphatic carbocycles. The average Bonchev–Trinajstić information content (AvgIpc) is 3.38. The van der Waals surface area contributed by atoms with Crippen LogP contribution in [0.3, 0.4) is 0 Å². The van der Waals surface area contributed by atoms with Crippen molar-refractivity contribution < 1.29 is 22.8 Å². The van der Waals surface area contributed by atoms with Crippen molar-refractivity contribution in [2.24, 2.45) is 0 Å². The van der Waals surface area contributed by atoms with Gasteiger partial charge in [0.2, 0.25) is 11.0 Å². The third-order valence-corrected chi connectivity index (χ3v) is 6.23. The average molecular weight is 474 g/mol. The second kappa shape index (κ2) is 9.91. The molecule has 0 aliphatic heterocycles. The van der Waals surface area contributed by atoms with Crippen molar-refractivity contribution in [1.29, 1.82) is 0 Å². The number of alkyl halides is 3. The molecule has 13 heteroatoms. The second-order valence-electron chi connectivity index (χ2n) is 5.69. The molecule has 0 atom stereocenters. The van der Waals surface area contributed by atoms with Gasteiger partial charge in [-0.25, -0.2) is 0 Å². The normalized spacial score (nSPS) is 11.2. The molecule has 0 bridgehead atoms. The lowest BCUT2D eigenvalue weighted by Crippen LogP contribution is -2.21. The predicted octanol–water partition coefficient (Wildman–Crippen LogP) is 4.56. The third-order valence-electron chi connectivity index (χ3n) is 3.34. The van der Waals surface area contributed by atoms with Gasteiger partial charge in [-0.3, -0.25) is 9.59 Å². The first-order chi connectivity index (χ1) is 14.3. The Morgan fingerprint density at radius 1 is 1.03 bits per heavy atom. The number of thiophene rings is 1. The molecule has 3 N–H and O–H groups in total. The largest absolute Gasteiger partial charge is 0.405 e. The molecule has 0 unspecified atom stereocenters. The first-order valence-corrected chi connectivity index (χ1v) is 11.0. The summed E-state index contributed by atoms with van der Waals surface area (Å²) in [4.78, 5) is 24.7. The Labute approximate surface area is 181 Å². The van der Waals surface area contributed by atoms with Crippen LogP contribution in [0.25, 0.3) is 0 Å². The van der Waals surface area contributed by atoms with Crippen LogP contribution < -0.4 is 16.0 Å². The van der Waals surface area contributed by atoms with E-state index in [-0.39, 0.29) is 22.7 Å². The molecular formula is C17H14F3N5O2S3. The summed E-state index contributed by atoms with van der Waals surface area (Å²) in [5.41, 5.74) is 1.13. The van der Waals surface area contributed by atoms with Gasteiger partial charge < -0.3 is 16.0 Å². The highest BCUT2D eigenvalue weighted by Crippen LogP contribution is 2.26. The Bertz CT molecular complexity index is 991. The molecule has 0 radical (unpaired) electrons. The van der Waals surface area contributed by atoms with Crippen molar-refractivity contribution in [3.8, 4) is 0 Å². The topological polar surface area (TPSA) is 96.0 Å². The molecule has 158 valence electrons. The van der Waals surface area contributed by atoms with E-state index < -0.39 is 12.7 Å². The standard InChI is InChI=1S/C17H14F3N5O2S3/c18-17(19,20)9-21-15-24-25-16(30-15)29-8-13(26)22-10-3-5-11(6-4-10)23-14(27)12-2-1-7-28-12/h1-7H,8-9H2,(H,21,24)(H,22,26)(H,23,27). The third kappa shape index (κ3) is 7.00. The van der Waals surface area contributed by atoms with Crippen LogP contribution in [-0.4, -0.2) is 40.5 Å². The molecule has 7 nitrogen and oxygen atoms in total. The number of hydrogen-bond acceptors (Lipinski definition) is 8. The number of nitrogens with one attached hydrogen (secondary N) is 3. The summed E-state index contributed by atoms with van der Waals surface area (Å²) in [7, 11) is 0. The minimum absolute atomic E-state index is 0.0186. The van der Waals surface area contributed by atoms with Gasteiger partial charge in [-0.15, -0.1) is 21.5 Å². The molecule has 30 heavy (non-hydrogen) atoms. The van der Waals surface area contributed by atoms with Gasteiger partial charge in [0.25, 0.3) is 5.91 Å². The van der Waals surface area contributed by atoms with Crippen LogP contribution in [0.5, 0.6) is 0 Å². The first-order valence-electron chi connectivity index (χ1n) is 8.30. The van der Waals surface area contributed by atoms with Gasteiger partial charge in [-0.05, 0) is 35.7 Å². The van der Waals surface area contributed by atoms with Crippen LogP contribution in [0.2, 0.25) is 0 Å². The van der Waals surface area contributed by atoms with E-state index in [0.717, 1.165) is 23.1 Å². The van der Waals surface area contributed by atoms with Gasteiger partial charge in [-0.1, -0.05) is 29.2 Å². The zero-order chi connectivity index (χ0) is 21.6. The van der Waals surface area contributed by atoms with Crippen LogP contribution in [0, 0.1) is 0 Å². The number of anilines is 3. The van der Waals surface area contributed by atoms with E-state index in [1.54, 1.807) is 36.4 Å². The number of aromatic nitrogens is 2. The van der Waals surface area contributed by atoms with Crippen molar-refractivity contribution in [2.45, 2.75) is 10.5 Å². The Balaban J connectivity index is 1.44. The van der Waals surface area contributed by atoms with Crippen molar-refractivity contribution in [3.63, 3.8) is 0 Å². The summed E-state index contributed by atoms with van der Waals surface area (Å²) >= 11 is 3.34. The minimum atomic E-state index is -4.35. The van der Waals surface area contributed by atoms with Crippen molar-refractivity contribution in [3.05, 3.63) is 46.7 Å². The minimum Gasteiger partial charge on any atom is -0.351 e. The van der Waals surface area contributed by atoms with Crippen LogP contribution >= 0.6 is 34.4 Å². The van der Waals surface area contributed by atoms with E-state index in [1.165, 1.54) is 11.3 Å². The number of amides is 2. The molecule has 2 heterocycles. The molecule has 0 saturated heterocycles. The number of rotatable bonds is 8. The summed E-state index contributed by atoms with van der Waals surface area (Å²) in [6, 6.07) is 10.1. The molecule has 1 aromatic carbocycles. The smallest absolute Gasteiger partial charge is 0.351 e. The number of halogens is 3. The maximum absolute atomic E-state index is 12.2. The SMILES string of the molecule is O=C(CSc1nnc(NCC(F)(F)F)s1)Nc1ccc(NC(=O)c2cccs2)cc1. The summed E-state index contributed by atoms with van der Waals surface area (Å²) in [6.45, 7) is -1.20. The lowest BCUT2D eigenvalue weighted by molar-refractivity contribution is -0.115. The highest BCUT2D eigenvalue weighted by Gasteiger charge is 2.27. The summed E-state index contributed by atoms with van der Waals surface area (Å²) in [5.74, 6) is -0.500. The lowest BCUT2D eigenvalue weighted by atomic mass is 10.2. The van der Waals surface area contributed by atoms with Gasteiger partial charge in [-0.2, -0.15) is 13.2 Å². The summed E-state index contributed by atoms with van der Waals surface area (Å²) in [5, 5.41) is 16.8. The lowest BCUT2D eigenvalue weighted by Gasteiger charge is -2.07. The number of carbonyl (C=O) groups excluding carboxylic acids is 2. The van der Waals surface area contributed by atoms with E-state index in [4.69, 9.17) is 0 Å². The van der Waals surface area contributed by atoms with Gasteiger partial charge in [0.05, 0.1) is 10.6 Å². The summed E-state index contributed by atoms with van der Waals surface area (Å²) in [6.07, 6.45) is -4.35. The fourth-order valence-corrected chi connectivity index (χ4v) is 4.24. The molecule has 2 amide bonds. The number of carbonyl (C=O) groups is 2. The predicted molar refractivity (Wildman–Crippen MR) is 113 cm³/mol. The highest BCUT2D eigenvalue weighted by molar-refractivity contribution is 8.01. The first kappa shape index (κ1) is 22.1. The molecule has 0 spiro atoms. The van der Waals surface area contributed by atoms with E-state index >= 15 is 0 Å². The molecular weight excluding hydrogens is 459 g/mol. The van der Waals surface area contributed by atoms with Crippen molar-refractivity contribution in [1.82, 2.24) is 10.2 Å². The monoisotopic (exact) mass is 473 g/mol. The van der Waals surface area contributed by atoms with Gasteiger partial charge in [0.1, 0.15) is 6.54 Å². The van der Waals surface area contributed by atoms with Crippen LogP contribution in [0.4, 0.5) is 29.7 Å².